The summed E-state index contributed by atoms with van der Waals surface area (Å²) in [7, 11) is 1.73. The maximum Gasteiger partial charge on any atom is 0.224 e. The number of carbonyl (C=O) groups excluding carboxylic acids is 1. The Bertz CT molecular complexity index is 814. The number of ether oxygens (including phenoxy) is 1. The molecule has 0 spiro atoms. The van der Waals surface area contributed by atoms with E-state index in [1.807, 2.05) is 24.3 Å². The van der Waals surface area contributed by atoms with Crippen molar-refractivity contribution in [3.63, 3.8) is 0 Å². The van der Waals surface area contributed by atoms with Gasteiger partial charge < -0.3 is 15.0 Å². The molecule has 1 heterocycles. The van der Waals surface area contributed by atoms with E-state index < -0.39 is 0 Å². The fraction of sp³-hybridized carbons (Fsp3) is 0.480. The van der Waals surface area contributed by atoms with Crippen molar-refractivity contribution in [3.05, 3.63) is 54.1 Å². The highest BCUT2D eigenvalue weighted by molar-refractivity contribution is 5.90. The van der Waals surface area contributed by atoms with E-state index in [9.17, 15) is 4.79 Å². The minimum absolute atomic E-state index is 0.108. The number of nitrogens with one attached hydrogen (secondary N) is 1. The van der Waals surface area contributed by atoms with E-state index in [0.717, 1.165) is 57.0 Å². The molecule has 0 aromatic heterocycles. The number of rotatable bonds is 9. The Hall–Kier alpha value is -2.53. The summed E-state index contributed by atoms with van der Waals surface area (Å²) in [6.45, 7) is 9.49. The molecule has 2 aromatic rings. The summed E-state index contributed by atoms with van der Waals surface area (Å²) in [5, 5.41) is 3.04. The second-order valence-electron chi connectivity index (χ2n) is 8.29. The molecule has 0 aliphatic carbocycles. The Morgan fingerprint density at radius 2 is 1.80 bits per heavy atom. The van der Waals surface area contributed by atoms with Gasteiger partial charge in [-0.25, -0.2) is 0 Å². The van der Waals surface area contributed by atoms with E-state index in [2.05, 4.69) is 53.2 Å². The Morgan fingerprint density at radius 1 is 1.03 bits per heavy atom. The maximum atomic E-state index is 12.3. The standard InChI is InChI=1S/C25H35N3O2/c1-20(2)21-9-8-10-22(19-21)26-25(29)13-6-7-14-27-15-17-28(18-16-27)23-11-4-5-12-24(23)30-3/h4-5,8-12,19-20H,6-7,13-18H2,1-3H3,(H,26,29). The van der Waals surface area contributed by atoms with Crippen molar-refractivity contribution in [2.75, 3.05) is 50.1 Å². The summed E-state index contributed by atoms with van der Waals surface area (Å²) in [5.41, 5.74) is 3.33. The Balaban J connectivity index is 1.34. The number of para-hydroxylation sites is 2. The second kappa shape index (κ2) is 11.0. The third-order valence-corrected chi connectivity index (χ3v) is 5.76. The molecule has 1 amide bonds. The first-order valence-corrected chi connectivity index (χ1v) is 11.1. The summed E-state index contributed by atoms with van der Waals surface area (Å²) >= 11 is 0. The van der Waals surface area contributed by atoms with Gasteiger partial charge in [-0.05, 0) is 55.1 Å². The van der Waals surface area contributed by atoms with Crippen LogP contribution in [-0.2, 0) is 4.79 Å². The van der Waals surface area contributed by atoms with Crippen LogP contribution >= 0.6 is 0 Å². The molecule has 0 radical (unpaired) electrons. The van der Waals surface area contributed by atoms with Gasteiger partial charge >= 0.3 is 0 Å². The topological polar surface area (TPSA) is 44.8 Å². The molecule has 1 saturated heterocycles. The highest BCUT2D eigenvalue weighted by atomic mass is 16.5. The molecule has 1 aliphatic heterocycles. The smallest absolute Gasteiger partial charge is 0.224 e. The van der Waals surface area contributed by atoms with Gasteiger partial charge in [-0.15, -0.1) is 0 Å². The van der Waals surface area contributed by atoms with Crippen LogP contribution in [0.5, 0.6) is 5.75 Å². The van der Waals surface area contributed by atoms with Gasteiger partial charge in [0.05, 0.1) is 12.8 Å². The average Bonchev–Trinajstić information content (AvgIpc) is 2.77. The predicted octanol–water partition coefficient (Wildman–Crippen LogP) is 4.75. The van der Waals surface area contributed by atoms with E-state index in [1.54, 1.807) is 7.11 Å². The van der Waals surface area contributed by atoms with Gasteiger partial charge in [-0.2, -0.15) is 0 Å². The molecule has 1 fully saturated rings. The molecule has 0 bridgehead atoms. The van der Waals surface area contributed by atoms with Crippen LogP contribution in [0.15, 0.2) is 48.5 Å². The third kappa shape index (κ3) is 6.23. The summed E-state index contributed by atoms with van der Waals surface area (Å²) < 4.78 is 5.49. The molecule has 3 rings (SSSR count). The zero-order chi connectivity index (χ0) is 21.3. The van der Waals surface area contributed by atoms with Gasteiger partial charge in [0, 0.05) is 38.3 Å². The SMILES string of the molecule is COc1ccccc1N1CCN(CCCCC(=O)Nc2cccc(C(C)C)c2)CC1. The summed E-state index contributed by atoms with van der Waals surface area (Å²) in [6, 6.07) is 16.4. The number of benzene rings is 2. The molecule has 5 heteroatoms. The lowest BCUT2D eigenvalue weighted by atomic mass is 10.0. The van der Waals surface area contributed by atoms with E-state index >= 15 is 0 Å². The quantitative estimate of drug-likeness (QED) is 0.607. The van der Waals surface area contributed by atoms with Crippen LogP contribution in [0.3, 0.4) is 0 Å². The summed E-state index contributed by atoms with van der Waals surface area (Å²) in [5.74, 6) is 1.51. The molecule has 30 heavy (non-hydrogen) atoms. The van der Waals surface area contributed by atoms with Crippen LogP contribution in [0.4, 0.5) is 11.4 Å². The Morgan fingerprint density at radius 3 is 2.53 bits per heavy atom. The van der Waals surface area contributed by atoms with Crippen molar-refractivity contribution < 1.29 is 9.53 Å². The summed E-state index contributed by atoms with van der Waals surface area (Å²) in [6.07, 6.45) is 2.55. The van der Waals surface area contributed by atoms with Crippen molar-refractivity contribution >= 4 is 17.3 Å². The number of anilines is 2. The predicted molar refractivity (Wildman–Crippen MR) is 125 cm³/mol. The van der Waals surface area contributed by atoms with Crippen LogP contribution in [-0.4, -0.2) is 50.6 Å². The number of unbranched alkanes of at least 4 members (excludes halogenated alkanes) is 1. The fourth-order valence-corrected chi connectivity index (χ4v) is 3.92. The lowest BCUT2D eigenvalue weighted by molar-refractivity contribution is -0.116. The molecule has 1 N–H and O–H groups in total. The minimum Gasteiger partial charge on any atom is -0.495 e. The van der Waals surface area contributed by atoms with E-state index in [-0.39, 0.29) is 5.91 Å². The first-order valence-electron chi connectivity index (χ1n) is 11.1. The Labute approximate surface area is 181 Å². The van der Waals surface area contributed by atoms with Crippen molar-refractivity contribution in [3.8, 4) is 5.75 Å². The molecule has 1 aliphatic rings. The number of methoxy groups -OCH3 is 1. The zero-order valence-corrected chi connectivity index (χ0v) is 18.6. The van der Waals surface area contributed by atoms with E-state index in [0.29, 0.717) is 12.3 Å². The molecule has 2 aromatic carbocycles. The van der Waals surface area contributed by atoms with Gasteiger partial charge in [0.15, 0.2) is 0 Å². The van der Waals surface area contributed by atoms with Crippen molar-refractivity contribution in [2.24, 2.45) is 0 Å². The minimum atomic E-state index is 0.108. The molecule has 0 unspecified atom stereocenters. The molecule has 162 valence electrons. The highest BCUT2D eigenvalue weighted by Gasteiger charge is 2.19. The molecule has 5 nitrogen and oxygen atoms in total. The molecular formula is C25H35N3O2. The molecule has 0 saturated carbocycles. The van der Waals surface area contributed by atoms with Crippen LogP contribution < -0.4 is 15.0 Å². The number of hydrogen-bond acceptors (Lipinski definition) is 4. The number of piperazine rings is 1. The fourth-order valence-electron chi connectivity index (χ4n) is 3.92. The van der Waals surface area contributed by atoms with Crippen LogP contribution in [0.25, 0.3) is 0 Å². The maximum absolute atomic E-state index is 12.3. The van der Waals surface area contributed by atoms with Gasteiger partial charge in [0.2, 0.25) is 5.91 Å². The van der Waals surface area contributed by atoms with Crippen LogP contribution in [0.2, 0.25) is 0 Å². The van der Waals surface area contributed by atoms with Gasteiger partial charge in [0.25, 0.3) is 0 Å². The van der Waals surface area contributed by atoms with Crippen molar-refractivity contribution in [1.82, 2.24) is 4.90 Å². The van der Waals surface area contributed by atoms with Gasteiger partial charge in [-0.3, -0.25) is 9.69 Å². The number of hydrogen-bond donors (Lipinski definition) is 1. The second-order valence-corrected chi connectivity index (χ2v) is 8.29. The lowest BCUT2D eigenvalue weighted by Crippen LogP contribution is -2.46. The van der Waals surface area contributed by atoms with Crippen molar-refractivity contribution in [1.29, 1.82) is 0 Å². The number of amides is 1. The first-order chi connectivity index (χ1) is 14.6. The van der Waals surface area contributed by atoms with E-state index in [4.69, 9.17) is 4.74 Å². The van der Waals surface area contributed by atoms with Crippen LogP contribution in [0, 0.1) is 0 Å². The third-order valence-electron chi connectivity index (χ3n) is 5.76. The monoisotopic (exact) mass is 409 g/mol. The normalized spacial score (nSPS) is 14.7. The van der Waals surface area contributed by atoms with Crippen molar-refractivity contribution in [2.45, 2.75) is 39.0 Å². The Kier molecular flexibility index (Phi) is 8.14. The van der Waals surface area contributed by atoms with E-state index in [1.165, 1.54) is 11.3 Å². The van der Waals surface area contributed by atoms with Gasteiger partial charge in [-0.1, -0.05) is 38.1 Å². The lowest BCUT2D eigenvalue weighted by Gasteiger charge is -2.36. The zero-order valence-electron chi connectivity index (χ0n) is 18.6. The number of carbonyl (C=O) groups is 1. The largest absolute Gasteiger partial charge is 0.495 e. The first kappa shape index (κ1) is 22.2. The average molecular weight is 410 g/mol. The highest BCUT2D eigenvalue weighted by Crippen LogP contribution is 2.28. The molecule has 0 atom stereocenters. The van der Waals surface area contributed by atoms with Crippen LogP contribution in [0.1, 0.15) is 44.6 Å². The van der Waals surface area contributed by atoms with Gasteiger partial charge in [0.1, 0.15) is 5.75 Å². The molecular weight excluding hydrogens is 374 g/mol. The summed E-state index contributed by atoms with van der Waals surface area (Å²) in [4.78, 5) is 17.2. The number of nitrogens with zero attached hydrogens (tertiary/aromatic N) is 2.